The summed E-state index contributed by atoms with van der Waals surface area (Å²) in [7, 11) is 0. The zero-order chi connectivity index (χ0) is 18.1. The van der Waals surface area contributed by atoms with Crippen LogP contribution in [0.5, 0.6) is 0 Å². The number of aromatic nitrogens is 3. The molecule has 8 heteroatoms. The Labute approximate surface area is 154 Å². The molecule has 4 rings (SSSR count). The van der Waals surface area contributed by atoms with E-state index in [0.717, 1.165) is 28.4 Å². The number of thiazole rings is 1. The van der Waals surface area contributed by atoms with E-state index in [2.05, 4.69) is 10.1 Å². The Morgan fingerprint density at radius 3 is 2.96 bits per heavy atom. The maximum absolute atomic E-state index is 12.6. The van der Waals surface area contributed by atoms with E-state index in [1.165, 1.54) is 11.3 Å². The van der Waals surface area contributed by atoms with Crippen molar-refractivity contribution in [2.75, 3.05) is 19.7 Å². The minimum atomic E-state index is -0.272. The lowest BCUT2D eigenvalue weighted by atomic mass is 10.1. The summed E-state index contributed by atoms with van der Waals surface area (Å²) in [6, 6.07) is 5.79. The van der Waals surface area contributed by atoms with Crippen LogP contribution in [0.2, 0.25) is 0 Å². The van der Waals surface area contributed by atoms with Gasteiger partial charge < -0.3 is 14.2 Å². The second-order valence-corrected chi connectivity index (χ2v) is 6.85. The number of hydrogen-bond acceptors (Lipinski definition) is 7. The van der Waals surface area contributed by atoms with Crippen LogP contribution in [0.15, 0.2) is 33.6 Å². The van der Waals surface area contributed by atoms with Crippen molar-refractivity contribution >= 4 is 17.2 Å². The third-order valence-electron chi connectivity index (χ3n) is 4.40. The summed E-state index contributed by atoms with van der Waals surface area (Å²) in [6.07, 6.45) is -0.272. The van der Waals surface area contributed by atoms with E-state index >= 15 is 0 Å². The third kappa shape index (κ3) is 3.13. The molecular weight excluding hydrogens is 352 g/mol. The SMILES string of the molecule is Cc1noc(C)c1-c1cccc([C@@H]2CN(C(=O)c3cscn3)CCO2)n1. The Hall–Kier alpha value is -2.58. The van der Waals surface area contributed by atoms with Gasteiger partial charge in [0.2, 0.25) is 0 Å². The van der Waals surface area contributed by atoms with Crippen LogP contribution >= 0.6 is 11.3 Å². The summed E-state index contributed by atoms with van der Waals surface area (Å²) in [6.45, 7) is 5.24. The van der Waals surface area contributed by atoms with E-state index in [1.54, 1.807) is 15.8 Å². The Morgan fingerprint density at radius 2 is 2.23 bits per heavy atom. The molecule has 0 aromatic carbocycles. The fourth-order valence-electron chi connectivity index (χ4n) is 3.11. The molecule has 1 amide bonds. The average Bonchev–Trinajstić information content (AvgIpc) is 3.31. The molecule has 0 spiro atoms. The van der Waals surface area contributed by atoms with Crippen molar-refractivity contribution in [3.8, 4) is 11.3 Å². The Morgan fingerprint density at radius 1 is 1.35 bits per heavy atom. The molecule has 1 atom stereocenters. The standard InChI is InChI=1S/C18H18N4O3S/c1-11-17(12(2)25-21-11)14-5-3-4-13(20-14)16-8-22(6-7-24-16)18(23)15-9-26-10-19-15/h3-5,9-10,16H,6-8H2,1-2H3/t16-/m0/s1. The van der Waals surface area contributed by atoms with Crippen molar-refractivity contribution in [3.63, 3.8) is 0 Å². The largest absolute Gasteiger partial charge is 0.368 e. The van der Waals surface area contributed by atoms with Crippen LogP contribution < -0.4 is 0 Å². The summed E-state index contributed by atoms with van der Waals surface area (Å²) in [5.74, 6) is 0.665. The Balaban J connectivity index is 1.58. The number of ether oxygens (including phenoxy) is 1. The van der Waals surface area contributed by atoms with Gasteiger partial charge in [-0.15, -0.1) is 11.3 Å². The molecule has 0 bridgehead atoms. The predicted octanol–water partition coefficient (Wildman–Crippen LogP) is 3.02. The van der Waals surface area contributed by atoms with Crippen LogP contribution in [0.25, 0.3) is 11.3 Å². The minimum absolute atomic E-state index is 0.0681. The smallest absolute Gasteiger partial charge is 0.273 e. The molecule has 3 aromatic heterocycles. The molecule has 4 heterocycles. The average molecular weight is 370 g/mol. The summed E-state index contributed by atoms with van der Waals surface area (Å²) in [5, 5.41) is 5.76. The van der Waals surface area contributed by atoms with Gasteiger partial charge in [0, 0.05) is 11.9 Å². The highest BCUT2D eigenvalue weighted by molar-refractivity contribution is 7.07. The fourth-order valence-corrected chi connectivity index (χ4v) is 3.64. The molecular formula is C18H18N4O3S. The lowest BCUT2D eigenvalue weighted by molar-refractivity contribution is -0.0248. The molecule has 3 aromatic rings. The number of aryl methyl sites for hydroxylation is 2. The monoisotopic (exact) mass is 370 g/mol. The second kappa shape index (κ2) is 6.97. The van der Waals surface area contributed by atoms with Crippen molar-refractivity contribution in [2.24, 2.45) is 0 Å². The van der Waals surface area contributed by atoms with Crippen LogP contribution in [0.3, 0.4) is 0 Å². The summed E-state index contributed by atoms with van der Waals surface area (Å²) in [4.78, 5) is 23.2. The van der Waals surface area contributed by atoms with E-state index in [4.69, 9.17) is 14.2 Å². The molecule has 1 saturated heterocycles. The quantitative estimate of drug-likeness (QED) is 0.705. The van der Waals surface area contributed by atoms with Gasteiger partial charge in [0.05, 0.1) is 41.3 Å². The third-order valence-corrected chi connectivity index (χ3v) is 4.98. The van der Waals surface area contributed by atoms with E-state index in [-0.39, 0.29) is 12.0 Å². The molecule has 26 heavy (non-hydrogen) atoms. The maximum Gasteiger partial charge on any atom is 0.273 e. The van der Waals surface area contributed by atoms with Gasteiger partial charge >= 0.3 is 0 Å². The lowest BCUT2D eigenvalue weighted by Crippen LogP contribution is -2.42. The van der Waals surface area contributed by atoms with Gasteiger partial charge in [0.15, 0.2) is 0 Å². The predicted molar refractivity (Wildman–Crippen MR) is 95.9 cm³/mol. The van der Waals surface area contributed by atoms with Gasteiger partial charge in [-0.3, -0.25) is 4.79 Å². The zero-order valence-corrected chi connectivity index (χ0v) is 15.3. The number of morpholine rings is 1. The maximum atomic E-state index is 12.6. The first-order chi connectivity index (χ1) is 12.6. The molecule has 7 nitrogen and oxygen atoms in total. The first-order valence-corrected chi connectivity index (χ1v) is 9.27. The first kappa shape index (κ1) is 16.9. The van der Waals surface area contributed by atoms with Crippen LogP contribution in [-0.2, 0) is 4.74 Å². The molecule has 0 saturated carbocycles. The second-order valence-electron chi connectivity index (χ2n) is 6.13. The van der Waals surface area contributed by atoms with Crippen LogP contribution in [0.4, 0.5) is 0 Å². The normalized spacial score (nSPS) is 17.5. The number of nitrogens with zero attached hydrogens (tertiary/aromatic N) is 4. The molecule has 0 aliphatic carbocycles. The van der Waals surface area contributed by atoms with Crippen molar-refractivity contribution in [2.45, 2.75) is 20.0 Å². The Bertz CT molecular complexity index is 903. The minimum Gasteiger partial charge on any atom is -0.368 e. The van der Waals surface area contributed by atoms with Crippen molar-refractivity contribution in [1.29, 1.82) is 0 Å². The van der Waals surface area contributed by atoms with Crippen molar-refractivity contribution in [3.05, 3.63) is 51.9 Å². The van der Waals surface area contributed by atoms with E-state index in [1.807, 2.05) is 32.0 Å². The summed E-state index contributed by atoms with van der Waals surface area (Å²) >= 11 is 1.42. The molecule has 0 N–H and O–H groups in total. The van der Waals surface area contributed by atoms with Gasteiger partial charge in [-0.1, -0.05) is 11.2 Å². The molecule has 1 aliphatic rings. The van der Waals surface area contributed by atoms with Crippen LogP contribution in [-0.4, -0.2) is 45.6 Å². The molecule has 0 radical (unpaired) electrons. The van der Waals surface area contributed by atoms with E-state index < -0.39 is 0 Å². The lowest BCUT2D eigenvalue weighted by Gasteiger charge is -2.32. The topological polar surface area (TPSA) is 81.4 Å². The van der Waals surface area contributed by atoms with Gasteiger partial charge in [-0.2, -0.15) is 0 Å². The molecule has 134 valence electrons. The number of amides is 1. The van der Waals surface area contributed by atoms with Crippen LogP contribution in [0.1, 0.15) is 33.7 Å². The van der Waals surface area contributed by atoms with Crippen molar-refractivity contribution in [1.82, 2.24) is 20.0 Å². The Kier molecular flexibility index (Phi) is 4.52. The number of carbonyl (C=O) groups excluding carboxylic acids is 1. The van der Waals surface area contributed by atoms with Crippen molar-refractivity contribution < 1.29 is 14.1 Å². The number of carbonyl (C=O) groups is 1. The summed E-state index contributed by atoms with van der Waals surface area (Å²) in [5.41, 5.74) is 5.44. The van der Waals surface area contributed by atoms with Crippen LogP contribution in [0, 0.1) is 13.8 Å². The molecule has 0 unspecified atom stereocenters. The highest BCUT2D eigenvalue weighted by Gasteiger charge is 2.28. The first-order valence-electron chi connectivity index (χ1n) is 8.32. The fraction of sp³-hybridized carbons (Fsp3) is 0.333. The van der Waals surface area contributed by atoms with E-state index in [9.17, 15) is 4.79 Å². The van der Waals surface area contributed by atoms with Gasteiger partial charge in [-0.25, -0.2) is 9.97 Å². The zero-order valence-electron chi connectivity index (χ0n) is 14.5. The number of hydrogen-bond donors (Lipinski definition) is 0. The molecule has 1 aliphatic heterocycles. The summed E-state index contributed by atoms with van der Waals surface area (Å²) < 4.78 is 11.1. The van der Waals surface area contributed by atoms with E-state index in [0.29, 0.717) is 25.4 Å². The highest BCUT2D eigenvalue weighted by Crippen LogP contribution is 2.28. The highest BCUT2D eigenvalue weighted by atomic mass is 32.1. The number of pyridine rings is 1. The molecule has 1 fully saturated rings. The van der Waals surface area contributed by atoms with Gasteiger partial charge in [0.1, 0.15) is 17.6 Å². The number of rotatable bonds is 3. The van der Waals surface area contributed by atoms with Gasteiger partial charge in [-0.05, 0) is 26.0 Å². The van der Waals surface area contributed by atoms with Gasteiger partial charge in [0.25, 0.3) is 5.91 Å².